The molecule has 47 heavy (non-hydrogen) atoms. The Hall–Kier alpha value is -3.74. The number of benzene rings is 1. The zero-order valence-electron chi connectivity index (χ0n) is 26.3. The fourth-order valence-electron chi connectivity index (χ4n) is 8.68. The van der Waals surface area contributed by atoms with Crippen LogP contribution in [0.2, 0.25) is 0 Å². The minimum atomic E-state index is -0.610. The van der Waals surface area contributed by atoms with Crippen LogP contribution in [0, 0.1) is 23.0 Å². The predicted octanol–water partition coefficient (Wildman–Crippen LogP) is 3.60. The summed E-state index contributed by atoms with van der Waals surface area (Å²) in [6.07, 6.45) is 3.71. The highest BCUT2D eigenvalue weighted by atomic mass is 32.1. The van der Waals surface area contributed by atoms with Crippen LogP contribution >= 0.6 is 11.3 Å². The molecule has 0 amide bonds. The molecular formula is C33H35F2N9O2S. The van der Waals surface area contributed by atoms with Gasteiger partial charge in [0.2, 0.25) is 5.95 Å². The van der Waals surface area contributed by atoms with E-state index in [1.165, 1.54) is 0 Å². The molecule has 0 radical (unpaired) electrons. The van der Waals surface area contributed by atoms with Crippen molar-refractivity contribution < 1.29 is 18.6 Å². The van der Waals surface area contributed by atoms with Gasteiger partial charge in [-0.2, -0.15) is 10.2 Å². The third-order valence-corrected chi connectivity index (χ3v) is 12.1. The number of nitrogens with two attached hydrogens (primary N) is 1. The van der Waals surface area contributed by atoms with E-state index in [4.69, 9.17) is 20.4 Å². The number of halogens is 2. The van der Waals surface area contributed by atoms with E-state index in [2.05, 4.69) is 37.7 Å². The number of hydrogen-bond acceptors (Lipinski definition) is 12. The molecule has 5 aliphatic heterocycles. The summed E-state index contributed by atoms with van der Waals surface area (Å²) in [5, 5.41) is 21.1. The number of β-amino-alcohol motifs (C(OH)–C–C–N with tert-alkyl or cyclic N) is 1. The molecule has 11 nitrogen and oxygen atoms in total. The number of rotatable bonds is 5. The number of anilines is 3. The van der Waals surface area contributed by atoms with Crippen molar-refractivity contribution >= 4 is 49.1 Å². The van der Waals surface area contributed by atoms with Crippen molar-refractivity contribution in [2.75, 3.05) is 61.8 Å². The van der Waals surface area contributed by atoms with Crippen LogP contribution in [-0.2, 0) is 18.0 Å². The highest BCUT2D eigenvalue weighted by Gasteiger charge is 2.53. The normalized spacial score (nSPS) is 24.2. The fraction of sp³-hybridized carbons (Fsp3) is 0.515. The van der Waals surface area contributed by atoms with Gasteiger partial charge in [0.05, 0.1) is 52.4 Å². The van der Waals surface area contributed by atoms with Crippen LogP contribution in [0.4, 0.5) is 25.5 Å². The largest absolute Gasteiger partial charge is 0.392 e. The lowest BCUT2D eigenvalue weighted by Gasteiger charge is -2.61. The molecule has 5 aliphatic rings. The predicted molar refractivity (Wildman–Crippen MR) is 175 cm³/mol. The third kappa shape index (κ3) is 4.16. The minimum Gasteiger partial charge on any atom is -0.392 e. The summed E-state index contributed by atoms with van der Waals surface area (Å²) in [7, 11) is 2.14. The van der Waals surface area contributed by atoms with E-state index < -0.39 is 17.7 Å². The number of thiophene rings is 1. The molecule has 3 aromatic heterocycles. The van der Waals surface area contributed by atoms with Crippen molar-refractivity contribution in [1.29, 1.82) is 5.26 Å². The SMILES string of the molecule is C[C@@H](O)CN1CC2CCC(C1)N2c1nc(N2CC3(CCN3C)C2)nc2c(F)c(-c3ncc(F)c4sc(N)c(C#N)c34)c3c(c12)COC3. The van der Waals surface area contributed by atoms with Gasteiger partial charge in [0.1, 0.15) is 22.4 Å². The van der Waals surface area contributed by atoms with E-state index >= 15 is 4.39 Å². The lowest BCUT2D eigenvalue weighted by atomic mass is 9.78. The van der Waals surface area contributed by atoms with Crippen molar-refractivity contribution in [3.63, 3.8) is 0 Å². The molecule has 1 spiro atoms. The van der Waals surface area contributed by atoms with Crippen LogP contribution in [0.15, 0.2) is 6.20 Å². The molecule has 8 heterocycles. The lowest BCUT2D eigenvalue weighted by molar-refractivity contribution is -0.0135. The maximum atomic E-state index is 17.4. The molecule has 2 bridgehead atoms. The van der Waals surface area contributed by atoms with Crippen molar-refractivity contribution in [3.8, 4) is 17.3 Å². The van der Waals surface area contributed by atoms with Gasteiger partial charge in [0.25, 0.3) is 0 Å². The molecule has 14 heteroatoms. The Labute approximate surface area is 274 Å². The summed E-state index contributed by atoms with van der Waals surface area (Å²) in [5.74, 6) is 0.0156. The van der Waals surface area contributed by atoms with Gasteiger partial charge in [-0.05, 0) is 44.4 Å². The number of ether oxygens (including phenoxy) is 1. The highest BCUT2D eigenvalue weighted by molar-refractivity contribution is 7.23. The molecule has 244 valence electrons. The van der Waals surface area contributed by atoms with Gasteiger partial charge in [-0.1, -0.05) is 0 Å². The molecule has 9 rings (SSSR count). The molecule has 3 N–H and O–H groups in total. The van der Waals surface area contributed by atoms with Crippen LogP contribution in [0.5, 0.6) is 0 Å². The number of aromatic nitrogens is 3. The average molecular weight is 660 g/mol. The van der Waals surface area contributed by atoms with E-state index in [1.807, 2.05) is 6.92 Å². The quantitative estimate of drug-likeness (QED) is 0.326. The molecule has 4 aromatic rings. The average Bonchev–Trinajstić information content (AvgIpc) is 3.70. The van der Waals surface area contributed by atoms with E-state index in [9.17, 15) is 14.8 Å². The van der Waals surface area contributed by atoms with Gasteiger partial charge in [-0.25, -0.2) is 13.8 Å². The molecule has 1 aromatic carbocycles. The molecule has 4 fully saturated rings. The number of nitriles is 1. The van der Waals surface area contributed by atoms with Crippen LogP contribution in [0.1, 0.15) is 42.9 Å². The van der Waals surface area contributed by atoms with E-state index in [0.717, 1.165) is 80.9 Å². The van der Waals surface area contributed by atoms with E-state index in [1.54, 1.807) is 0 Å². The second-order valence-electron chi connectivity index (χ2n) is 13.9. The first kappa shape index (κ1) is 29.4. The first-order chi connectivity index (χ1) is 22.7. The maximum absolute atomic E-state index is 17.4. The summed E-state index contributed by atoms with van der Waals surface area (Å²) in [5.41, 5.74) is 8.26. The Kier molecular flexibility index (Phi) is 6.49. The van der Waals surface area contributed by atoms with E-state index in [0.29, 0.717) is 23.4 Å². The number of piperazine rings is 1. The second-order valence-corrected chi connectivity index (χ2v) is 15.0. The van der Waals surface area contributed by atoms with Crippen molar-refractivity contribution in [3.05, 3.63) is 34.5 Å². The van der Waals surface area contributed by atoms with Gasteiger partial charge in [0.15, 0.2) is 11.6 Å². The number of aliphatic hydroxyl groups excluding tert-OH is 1. The smallest absolute Gasteiger partial charge is 0.228 e. The summed E-state index contributed by atoms with van der Waals surface area (Å²) in [6.45, 7) is 6.96. The Morgan fingerprint density at radius 3 is 2.57 bits per heavy atom. The van der Waals surface area contributed by atoms with Gasteiger partial charge < -0.3 is 25.4 Å². The van der Waals surface area contributed by atoms with Gasteiger partial charge in [-0.3, -0.25) is 14.8 Å². The van der Waals surface area contributed by atoms with Gasteiger partial charge in [0, 0.05) is 62.3 Å². The Morgan fingerprint density at radius 2 is 1.91 bits per heavy atom. The minimum absolute atomic E-state index is 0.0883. The molecule has 3 atom stereocenters. The number of nitrogens with zero attached hydrogens (tertiary/aromatic N) is 8. The van der Waals surface area contributed by atoms with Crippen LogP contribution in [0.3, 0.4) is 0 Å². The summed E-state index contributed by atoms with van der Waals surface area (Å²) in [6, 6.07) is 2.40. The molecule has 4 saturated heterocycles. The third-order valence-electron chi connectivity index (χ3n) is 11.1. The first-order valence-corrected chi connectivity index (χ1v) is 17.0. The first-order valence-electron chi connectivity index (χ1n) is 16.2. The second kappa shape index (κ2) is 10.4. The standard InChI is InChI=1S/C33H35F2N9O2S/c1-16(45)9-42-10-17-3-4-18(11-42)44(17)31-25-21-13-46-12-20(21)23(27-24-19(7-36)30(37)47-29(24)22(34)8-38-27)26(35)28(25)39-32(40-31)43-14-33(15-43)5-6-41(33)2/h8,16-18,45H,3-6,9-15,37H2,1-2H3/t16-,17?,18?/m1/s1. The molecular weight excluding hydrogens is 624 g/mol. The number of likely N-dealkylation sites (N-methyl/N-ethyl adjacent to an activating group) is 1. The zero-order valence-corrected chi connectivity index (χ0v) is 27.1. The highest BCUT2D eigenvalue weighted by Crippen LogP contribution is 2.49. The van der Waals surface area contributed by atoms with Gasteiger partial charge in [-0.15, -0.1) is 11.3 Å². The van der Waals surface area contributed by atoms with Crippen molar-refractivity contribution in [1.82, 2.24) is 24.8 Å². The number of pyridine rings is 1. The van der Waals surface area contributed by atoms with Crippen LogP contribution in [-0.4, -0.2) is 99.9 Å². The maximum Gasteiger partial charge on any atom is 0.228 e. The zero-order chi connectivity index (χ0) is 32.4. The summed E-state index contributed by atoms with van der Waals surface area (Å²) < 4.78 is 38.6. The van der Waals surface area contributed by atoms with Crippen LogP contribution < -0.4 is 15.5 Å². The number of nitrogen functional groups attached to an aromatic ring is 1. The van der Waals surface area contributed by atoms with Crippen molar-refractivity contribution in [2.24, 2.45) is 0 Å². The van der Waals surface area contributed by atoms with Crippen molar-refractivity contribution in [2.45, 2.75) is 63.1 Å². The number of likely N-dealkylation sites (tertiary alicyclic amines) is 2. The lowest BCUT2D eigenvalue weighted by Crippen LogP contribution is -2.76. The Bertz CT molecular complexity index is 2010. The van der Waals surface area contributed by atoms with Crippen LogP contribution in [0.25, 0.3) is 32.2 Å². The summed E-state index contributed by atoms with van der Waals surface area (Å²) in [4.78, 5) is 23.8. The topological polar surface area (TPSA) is 131 Å². The number of aliphatic hydroxyl groups is 1. The molecule has 0 saturated carbocycles. The Morgan fingerprint density at radius 1 is 1.17 bits per heavy atom. The Balaban J connectivity index is 1.27. The molecule has 2 unspecified atom stereocenters. The number of fused-ring (bicyclic) bond motifs is 6. The number of hydrogen-bond donors (Lipinski definition) is 2. The summed E-state index contributed by atoms with van der Waals surface area (Å²) >= 11 is 0.962. The monoisotopic (exact) mass is 659 g/mol. The fourth-order valence-corrected chi connectivity index (χ4v) is 9.60. The van der Waals surface area contributed by atoms with Gasteiger partial charge >= 0.3 is 0 Å². The van der Waals surface area contributed by atoms with E-state index in [-0.39, 0.29) is 68.3 Å². The molecule has 0 aliphatic carbocycles.